The van der Waals surface area contributed by atoms with Crippen molar-refractivity contribution < 1.29 is 4.74 Å². The van der Waals surface area contributed by atoms with Gasteiger partial charge in [0.25, 0.3) is 0 Å². The Labute approximate surface area is 133 Å². The zero-order valence-corrected chi connectivity index (χ0v) is 13.2. The lowest BCUT2D eigenvalue weighted by Crippen LogP contribution is -2.47. The Morgan fingerprint density at radius 3 is 2.59 bits per heavy atom. The van der Waals surface area contributed by atoms with E-state index in [2.05, 4.69) is 46.2 Å². The minimum absolute atomic E-state index is 0.968. The van der Waals surface area contributed by atoms with Crippen LogP contribution in [0.3, 0.4) is 0 Å². The fourth-order valence-electron chi connectivity index (χ4n) is 2.98. The van der Waals surface area contributed by atoms with Gasteiger partial charge in [0.1, 0.15) is 5.75 Å². The third kappa shape index (κ3) is 3.60. The summed E-state index contributed by atoms with van der Waals surface area (Å²) in [6, 6.07) is 19.7. The first-order valence-electron chi connectivity index (χ1n) is 7.92. The lowest BCUT2D eigenvalue weighted by molar-refractivity contribution is 0.260. The van der Waals surface area contributed by atoms with Crippen molar-refractivity contribution >= 4 is 5.69 Å². The number of hydrogen-bond donors (Lipinski definition) is 0. The van der Waals surface area contributed by atoms with Gasteiger partial charge in [-0.25, -0.2) is 0 Å². The lowest BCUT2D eigenvalue weighted by atomic mass is 10.1. The highest BCUT2D eigenvalue weighted by molar-refractivity contribution is 5.58. The summed E-state index contributed by atoms with van der Waals surface area (Å²) in [5.74, 6) is 0.968. The molecule has 115 valence electrons. The normalized spacial score (nSPS) is 15.8. The molecule has 0 saturated carbocycles. The maximum atomic E-state index is 5.47. The third-order valence-electron chi connectivity index (χ3n) is 4.29. The summed E-state index contributed by atoms with van der Waals surface area (Å²) in [6.07, 6.45) is 1.10. The summed E-state index contributed by atoms with van der Waals surface area (Å²) < 4.78 is 5.47. The number of nitrogens with zero attached hydrogens (tertiary/aromatic N) is 2. The van der Waals surface area contributed by atoms with Crippen LogP contribution < -0.4 is 9.64 Å². The lowest BCUT2D eigenvalue weighted by Gasteiger charge is -2.36. The molecule has 3 heteroatoms. The van der Waals surface area contributed by atoms with Crippen LogP contribution in [-0.4, -0.2) is 44.7 Å². The Bertz CT molecular complexity index is 577. The summed E-state index contributed by atoms with van der Waals surface area (Å²) in [4.78, 5) is 4.96. The van der Waals surface area contributed by atoms with Crippen LogP contribution in [-0.2, 0) is 6.42 Å². The van der Waals surface area contributed by atoms with E-state index in [4.69, 9.17) is 4.74 Å². The fourth-order valence-corrected chi connectivity index (χ4v) is 2.98. The van der Waals surface area contributed by atoms with E-state index in [1.165, 1.54) is 11.3 Å². The Kier molecular flexibility index (Phi) is 4.96. The summed E-state index contributed by atoms with van der Waals surface area (Å²) in [5, 5.41) is 0. The maximum absolute atomic E-state index is 5.47. The van der Waals surface area contributed by atoms with Crippen LogP contribution in [0.15, 0.2) is 48.5 Å². The van der Waals surface area contributed by atoms with Gasteiger partial charge in [-0.3, -0.25) is 4.90 Å². The van der Waals surface area contributed by atoms with Gasteiger partial charge in [-0.05, 0) is 30.2 Å². The largest absolute Gasteiger partial charge is 0.495 e. The van der Waals surface area contributed by atoms with Crippen LogP contribution in [0.2, 0.25) is 0 Å². The summed E-state index contributed by atoms with van der Waals surface area (Å²) in [7, 11) is 1.74. The summed E-state index contributed by atoms with van der Waals surface area (Å²) in [5.41, 5.74) is 2.58. The maximum Gasteiger partial charge on any atom is 0.142 e. The van der Waals surface area contributed by atoms with Gasteiger partial charge < -0.3 is 9.64 Å². The number of para-hydroxylation sites is 2. The first-order chi connectivity index (χ1) is 10.9. The van der Waals surface area contributed by atoms with E-state index in [1.807, 2.05) is 18.2 Å². The molecular weight excluding hydrogens is 272 g/mol. The number of methoxy groups -OCH3 is 1. The molecule has 0 unspecified atom stereocenters. The molecule has 2 aromatic carbocycles. The summed E-state index contributed by atoms with van der Waals surface area (Å²) in [6.45, 7) is 5.45. The minimum atomic E-state index is 0.968. The molecular formula is C19H23N2O. The van der Waals surface area contributed by atoms with Crippen LogP contribution in [0, 0.1) is 6.07 Å². The van der Waals surface area contributed by atoms with E-state index < -0.39 is 0 Å². The molecule has 0 bridgehead atoms. The van der Waals surface area contributed by atoms with Gasteiger partial charge >= 0.3 is 0 Å². The van der Waals surface area contributed by atoms with E-state index >= 15 is 0 Å². The van der Waals surface area contributed by atoms with Crippen LogP contribution in [0.5, 0.6) is 5.75 Å². The van der Waals surface area contributed by atoms with Gasteiger partial charge in [0.15, 0.2) is 0 Å². The second kappa shape index (κ2) is 7.32. The second-order valence-electron chi connectivity index (χ2n) is 5.66. The number of rotatable bonds is 5. The monoisotopic (exact) mass is 295 g/mol. The number of ether oxygens (including phenoxy) is 1. The van der Waals surface area contributed by atoms with E-state index in [0.717, 1.165) is 44.9 Å². The predicted molar refractivity (Wildman–Crippen MR) is 90.6 cm³/mol. The quantitative estimate of drug-likeness (QED) is 0.843. The van der Waals surface area contributed by atoms with E-state index in [0.29, 0.717) is 0 Å². The standard InChI is InChI=1S/C19H23N2O/c1-22-19-10-6-5-9-18(19)21-15-13-20(14-16-21)12-11-17-7-3-2-4-8-17/h2-3,5-10H,11-16H2,1H3. The average molecular weight is 295 g/mol. The van der Waals surface area contributed by atoms with Crippen LogP contribution in [0.25, 0.3) is 0 Å². The van der Waals surface area contributed by atoms with Crippen LogP contribution >= 0.6 is 0 Å². The fraction of sp³-hybridized carbons (Fsp3) is 0.368. The molecule has 0 N–H and O–H groups in total. The van der Waals surface area contributed by atoms with Crippen molar-refractivity contribution in [1.82, 2.24) is 4.90 Å². The van der Waals surface area contributed by atoms with Gasteiger partial charge in [-0.1, -0.05) is 36.4 Å². The first kappa shape index (κ1) is 14.9. The molecule has 1 heterocycles. The Morgan fingerprint density at radius 1 is 1.05 bits per heavy atom. The number of piperazine rings is 1. The molecule has 1 radical (unpaired) electrons. The first-order valence-corrected chi connectivity index (χ1v) is 7.92. The Morgan fingerprint density at radius 2 is 1.86 bits per heavy atom. The molecule has 1 aliphatic rings. The third-order valence-corrected chi connectivity index (χ3v) is 4.29. The van der Waals surface area contributed by atoms with Crippen molar-refractivity contribution in [3.05, 3.63) is 60.2 Å². The zero-order valence-electron chi connectivity index (χ0n) is 13.2. The molecule has 0 aromatic heterocycles. The Hall–Kier alpha value is -2.00. The molecule has 0 aliphatic carbocycles. The van der Waals surface area contributed by atoms with E-state index in [-0.39, 0.29) is 0 Å². The van der Waals surface area contributed by atoms with Crippen molar-refractivity contribution in [2.75, 3.05) is 44.7 Å². The minimum Gasteiger partial charge on any atom is -0.495 e. The van der Waals surface area contributed by atoms with Gasteiger partial charge in [0, 0.05) is 32.7 Å². The molecule has 1 fully saturated rings. The highest BCUT2D eigenvalue weighted by Gasteiger charge is 2.19. The molecule has 3 rings (SSSR count). The average Bonchev–Trinajstić information content (AvgIpc) is 2.61. The van der Waals surface area contributed by atoms with Gasteiger partial charge in [0.2, 0.25) is 0 Å². The van der Waals surface area contributed by atoms with Crippen molar-refractivity contribution in [3.8, 4) is 5.75 Å². The molecule has 0 amide bonds. The van der Waals surface area contributed by atoms with E-state index in [9.17, 15) is 0 Å². The van der Waals surface area contributed by atoms with Crippen molar-refractivity contribution in [2.24, 2.45) is 0 Å². The highest BCUT2D eigenvalue weighted by atomic mass is 16.5. The van der Waals surface area contributed by atoms with Crippen molar-refractivity contribution in [3.63, 3.8) is 0 Å². The zero-order chi connectivity index (χ0) is 15.2. The second-order valence-corrected chi connectivity index (χ2v) is 5.66. The van der Waals surface area contributed by atoms with E-state index in [1.54, 1.807) is 7.11 Å². The van der Waals surface area contributed by atoms with Crippen molar-refractivity contribution in [2.45, 2.75) is 6.42 Å². The van der Waals surface area contributed by atoms with Gasteiger partial charge in [-0.15, -0.1) is 0 Å². The van der Waals surface area contributed by atoms with Crippen molar-refractivity contribution in [1.29, 1.82) is 0 Å². The molecule has 3 nitrogen and oxygen atoms in total. The van der Waals surface area contributed by atoms with Crippen LogP contribution in [0.1, 0.15) is 5.56 Å². The molecule has 1 aliphatic heterocycles. The van der Waals surface area contributed by atoms with Gasteiger partial charge in [-0.2, -0.15) is 0 Å². The molecule has 0 atom stereocenters. The molecule has 0 spiro atoms. The smallest absolute Gasteiger partial charge is 0.142 e. The summed E-state index contributed by atoms with van der Waals surface area (Å²) >= 11 is 0. The highest BCUT2D eigenvalue weighted by Crippen LogP contribution is 2.28. The Balaban J connectivity index is 1.52. The van der Waals surface area contributed by atoms with Gasteiger partial charge in [0.05, 0.1) is 12.8 Å². The SMILES string of the molecule is COc1ccccc1N1CCN(CCc2c[c]ccc2)CC1. The number of anilines is 1. The number of benzene rings is 2. The molecule has 2 aromatic rings. The molecule has 1 saturated heterocycles. The molecule has 22 heavy (non-hydrogen) atoms. The van der Waals surface area contributed by atoms with Crippen LogP contribution in [0.4, 0.5) is 5.69 Å². The predicted octanol–water partition coefficient (Wildman–Crippen LogP) is 2.86. The topological polar surface area (TPSA) is 15.7 Å². The number of hydrogen-bond acceptors (Lipinski definition) is 3.